The molecule has 4 heteroatoms. The highest BCUT2D eigenvalue weighted by Gasteiger charge is 2.14. The van der Waals surface area contributed by atoms with E-state index in [4.69, 9.17) is 10.6 Å². The molecule has 2 aromatic rings. The molecule has 1 heterocycles. The normalized spacial score (nSPS) is 12.2. The maximum atomic E-state index is 5.76. The number of nitrogens with zero attached hydrogens (tertiary/aromatic N) is 1. The van der Waals surface area contributed by atoms with Crippen molar-refractivity contribution < 1.29 is 4.74 Å². The average molecular weight is 285 g/mol. The third kappa shape index (κ3) is 3.80. The van der Waals surface area contributed by atoms with Crippen LogP contribution in [-0.2, 0) is 6.42 Å². The van der Waals surface area contributed by atoms with Crippen LogP contribution in [0.4, 0.5) is 0 Å². The number of methoxy groups -OCH3 is 1. The van der Waals surface area contributed by atoms with Crippen LogP contribution < -0.4 is 16.0 Å². The van der Waals surface area contributed by atoms with Crippen molar-refractivity contribution in [2.45, 2.75) is 32.7 Å². The van der Waals surface area contributed by atoms with Crippen LogP contribution in [0.1, 0.15) is 34.7 Å². The van der Waals surface area contributed by atoms with Crippen LogP contribution in [0.25, 0.3) is 0 Å². The van der Waals surface area contributed by atoms with Gasteiger partial charge < -0.3 is 4.74 Å². The van der Waals surface area contributed by atoms with Crippen molar-refractivity contribution >= 4 is 0 Å². The molecule has 0 fully saturated rings. The maximum absolute atomic E-state index is 5.76. The minimum Gasteiger partial charge on any atom is -0.496 e. The molecule has 0 spiro atoms. The topological polar surface area (TPSA) is 60.2 Å². The van der Waals surface area contributed by atoms with E-state index in [2.05, 4.69) is 36.4 Å². The Balaban J connectivity index is 2.16. The van der Waals surface area contributed by atoms with Gasteiger partial charge in [0.25, 0.3) is 0 Å². The standard InChI is InChI=1S/C17H23N3O/c1-12-11-17(21-3)13(2)10-15(12)16(20-18)5-4-14-6-8-19-9-7-14/h6-11,16,20H,4-5,18H2,1-3H3. The number of benzene rings is 1. The van der Waals surface area contributed by atoms with Crippen LogP contribution in [0, 0.1) is 13.8 Å². The van der Waals surface area contributed by atoms with Crippen LogP contribution in [-0.4, -0.2) is 12.1 Å². The highest BCUT2D eigenvalue weighted by Crippen LogP contribution is 2.28. The molecule has 112 valence electrons. The zero-order valence-corrected chi connectivity index (χ0v) is 12.9. The van der Waals surface area contributed by atoms with E-state index < -0.39 is 0 Å². The summed E-state index contributed by atoms with van der Waals surface area (Å²) in [6, 6.07) is 8.44. The Kier molecular flexibility index (Phi) is 5.31. The van der Waals surface area contributed by atoms with Gasteiger partial charge in [-0.25, -0.2) is 0 Å². The van der Waals surface area contributed by atoms with Crippen LogP contribution in [0.2, 0.25) is 0 Å². The molecule has 1 aromatic carbocycles. The fraction of sp³-hybridized carbons (Fsp3) is 0.353. The van der Waals surface area contributed by atoms with Gasteiger partial charge in [-0.05, 0) is 67.1 Å². The first-order valence-corrected chi connectivity index (χ1v) is 7.16. The van der Waals surface area contributed by atoms with Gasteiger partial charge in [-0.1, -0.05) is 6.07 Å². The second-order valence-corrected chi connectivity index (χ2v) is 5.29. The summed E-state index contributed by atoms with van der Waals surface area (Å²) in [5.74, 6) is 6.68. The van der Waals surface area contributed by atoms with Crippen molar-refractivity contribution in [2.75, 3.05) is 7.11 Å². The van der Waals surface area contributed by atoms with Crippen molar-refractivity contribution in [3.63, 3.8) is 0 Å². The number of nitrogens with one attached hydrogen (secondary N) is 1. The quantitative estimate of drug-likeness (QED) is 0.633. The summed E-state index contributed by atoms with van der Waals surface area (Å²) in [6.45, 7) is 4.15. The first-order chi connectivity index (χ1) is 10.2. The molecule has 21 heavy (non-hydrogen) atoms. The second-order valence-electron chi connectivity index (χ2n) is 5.29. The Bertz CT molecular complexity index is 584. The van der Waals surface area contributed by atoms with Crippen molar-refractivity contribution in [2.24, 2.45) is 5.84 Å². The largest absolute Gasteiger partial charge is 0.496 e. The lowest BCUT2D eigenvalue weighted by atomic mass is 9.94. The summed E-state index contributed by atoms with van der Waals surface area (Å²) < 4.78 is 5.36. The molecule has 4 nitrogen and oxygen atoms in total. The zero-order valence-electron chi connectivity index (χ0n) is 12.9. The molecule has 1 unspecified atom stereocenters. The minimum atomic E-state index is 0.128. The molecular weight excluding hydrogens is 262 g/mol. The number of hydrogen-bond donors (Lipinski definition) is 2. The second kappa shape index (κ2) is 7.20. The number of rotatable bonds is 6. The van der Waals surface area contributed by atoms with Gasteiger partial charge in [0.05, 0.1) is 7.11 Å². The Morgan fingerprint density at radius 2 is 1.90 bits per heavy atom. The molecule has 0 radical (unpaired) electrons. The van der Waals surface area contributed by atoms with Crippen LogP contribution in [0.15, 0.2) is 36.7 Å². The average Bonchev–Trinajstić information content (AvgIpc) is 2.51. The summed E-state index contributed by atoms with van der Waals surface area (Å²) in [7, 11) is 1.70. The third-order valence-electron chi connectivity index (χ3n) is 3.83. The first-order valence-electron chi connectivity index (χ1n) is 7.16. The molecule has 1 aromatic heterocycles. The maximum Gasteiger partial charge on any atom is 0.122 e. The van der Waals surface area contributed by atoms with E-state index in [-0.39, 0.29) is 6.04 Å². The zero-order chi connectivity index (χ0) is 15.2. The minimum absolute atomic E-state index is 0.128. The Labute approximate surface area is 126 Å². The van der Waals surface area contributed by atoms with E-state index in [0.29, 0.717) is 0 Å². The van der Waals surface area contributed by atoms with E-state index in [1.807, 2.05) is 24.5 Å². The van der Waals surface area contributed by atoms with Crippen molar-refractivity contribution in [3.8, 4) is 5.75 Å². The highest BCUT2D eigenvalue weighted by molar-refractivity contribution is 5.42. The number of pyridine rings is 1. The number of nitrogens with two attached hydrogens (primary N) is 1. The third-order valence-corrected chi connectivity index (χ3v) is 3.83. The Morgan fingerprint density at radius 1 is 1.19 bits per heavy atom. The molecule has 0 aliphatic rings. The van der Waals surface area contributed by atoms with Crippen LogP contribution in [0.5, 0.6) is 5.75 Å². The number of aromatic nitrogens is 1. The fourth-order valence-corrected chi connectivity index (χ4v) is 2.60. The van der Waals surface area contributed by atoms with Gasteiger partial charge in [-0.15, -0.1) is 0 Å². The van der Waals surface area contributed by atoms with Crippen LogP contribution in [0.3, 0.4) is 0 Å². The van der Waals surface area contributed by atoms with E-state index >= 15 is 0 Å². The molecule has 0 bridgehead atoms. The summed E-state index contributed by atoms with van der Waals surface area (Å²) in [5, 5.41) is 0. The summed E-state index contributed by atoms with van der Waals surface area (Å²) in [6.07, 6.45) is 5.54. The first kappa shape index (κ1) is 15.5. The lowest BCUT2D eigenvalue weighted by molar-refractivity contribution is 0.410. The lowest BCUT2D eigenvalue weighted by Gasteiger charge is -2.20. The van der Waals surface area contributed by atoms with E-state index in [0.717, 1.165) is 24.2 Å². The predicted octanol–water partition coefficient (Wildman–Crippen LogP) is 2.84. The molecular formula is C17H23N3O. The van der Waals surface area contributed by atoms with E-state index in [1.165, 1.54) is 16.7 Å². The summed E-state index contributed by atoms with van der Waals surface area (Å²) in [5.41, 5.74) is 7.75. The molecule has 0 amide bonds. The highest BCUT2D eigenvalue weighted by atomic mass is 16.5. The summed E-state index contributed by atoms with van der Waals surface area (Å²) in [4.78, 5) is 4.04. The van der Waals surface area contributed by atoms with Gasteiger partial charge in [0.2, 0.25) is 0 Å². The van der Waals surface area contributed by atoms with Gasteiger partial charge in [-0.3, -0.25) is 16.3 Å². The number of hydrazine groups is 1. The van der Waals surface area contributed by atoms with Gasteiger partial charge in [-0.2, -0.15) is 0 Å². The number of hydrogen-bond acceptors (Lipinski definition) is 4. The van der Waals surface area contributed by atoms with E-state index in [9.17, 15) is 0 Å². The predicted molar refractivity (Wildman–Crippen MR) is 85.1 cm³/mol. The number of aryl methyl sites for hydroxylation is 3. The molecule has 0 saturated carbocycles. The molecule has 0 aliphatic heterocycles. The number of ether oxygens (including phenoxy) is 1. The Hall–Kier alpha value is -1.91. The van der Waals surface area contributed by atoms with Crippen molar-refractivity contribution in [1.82, 2.24) is 10.4 Å². The molecule has 3 N–H and O–H groups in total. The van der Waals surface area contributed by atoms with Crippen molar-refractivity contribution in [3.05, 3.63) is 58.9 Å². The fourth-order valence-electron chi connectivity index (χ4n) is 2.60. The van der Waals surface area contributed by atoms with Gasteiger partial charge in [0.1, 0.15) is 5.75 Å². The van der Waals surface area contributed by atoms with Crippen LogP contribution >= 0.6 is 0 Å². The molecule has 2 rings (SSSR count). The molecule has 1 atom stereocenters. The van der Waals surface area contributed by atoms with Gasteiger partial charge in [0, 0.05) is 18.4 Å². The van der Waals surface area contributed by atoms with Crippen molar-refractivity contribution in [1.29, 1.82) is 0 Å². The van der Waals surface area contributed by atoms with Gasteiger partial charge >= 0.3 is 0 Å². The lowest BCUT2D eigenvalue weighted by Crippen LogP contribution is -2.29. The monoisotopic (exact) mass is 285 g/mol. The summed E-state index contributed by atoms with van der Waals surface area (Å²) >= 11 is 0. The Morgan fingerprint density at radius 3 is 2.52 bits per heavy atom. The SMILES string of the molecule is COc1cc(C)c(C(CCc2ccncc2)NN)cc1C. The van der Waals surface area contributed by atoms with Gasteiger partial charge in [0.15, 0.2) is 0 Å². The smallest absolute Gasteiger partial charge is 0.122 e. The molecule has 0 saturated heterocycles. The van der Waals surface area contributed by atoms with E-state index in [1.54, 1.807) is 7.11 Å². The molecule has 0 aliphatic carbocycles.